The van der Waals surface area contributed by atoms with Gasteiger partial charge in [0.05, 0.1) is 12.1 Å². The largest absolute Gasteiger partial charge is 0.381 e. The normalized spacial score (nSPS) is 22.2. The molecule has 1 aliphatic heterocycles. The Balaban J connectivity index is 2.47. The van der Waals surface area contributed by atoms with Gasteiger partial charge in [0.2, 0.25) is 5.91 Å². The van der Waals surface area contributed by atoms with Crippen molar-refractivity contribution in [3.63, 3.8) is 0 Å². The second kappa shape index (κ2) is 5.64. The Labute approximate surface area is 98.1 Å². The van der Waals surface area contributed by atoms with E-state index in [1.165, 1.54) is 0 Å². The highest BCUT2D eigenvalue weighted by Gasteiger charge is 2.31. The average molecular weight is 228 g/mol. The summed E-state index contributed by atoms with van der Waals surface area (Å²) in [5.74, 6) is 0.522. The molecule has 16 heavy (non-hydrogen) atoms. The summed E-state index contributed by atoms with van der Waals surface area (Å²) in [6, 6.07) is 0. The van der Waals surface area contributed by atoms with E-state index in [2.05, 4.69) is 0 Å². The Kier molecular flexibility index (Phi) is 4.74. The molecule has 0 saturated carbocycles. The van der Waals surface area contributed by atoms with Crippen molar-refractivity contribution in [2.75, 3.05) is 26.3 Å². The molecule has 1 amide bonds. The van der Waals surface area contributed by atoms with E-state index >= 15 is 0 Å². The molecule has 1 rings (SSSR count). The fourth-order valence-electron chi connectivity index (χ4n) is 2.08. The lowest BCUT2D eigenvalue weighted by molar-refractivity contribution is -0.138. The topological polar surface area (TPSA) is 55.6 Å². The minimum absolute atomic E-state index is 0.0497. The van der Waals surface area contributed by atoms with Crippen LogP contribution in [0, 0.1) is 5.92 Å². The average Bonchev–Trinajstić information content (AvgIpc) is 2.24. The third kappa shape index (κ3) is 3.76. The molecule has 0 aromatic heterocycles. The number of piperidine rings is 1. The third-order valence-corrected chi connectivity index (χ3v) is 2.92. The second-order valence-corrected chi connectivity index (χ2v) is 5.14. The van der Waals surface area contributed by atoms with Gasteiger partial charge >= 0.3 is 0 Å². The van der Waals surface area contributed by atoms with Crippen LogP contribution in [0.5, 0.6) is 0 Å². The molecule has 1 fully saturated rings. The van der Waals surface area contributed by atoms with Crippen LogP contribution in [0.15, 0.2) is 0 Å². The lowest BCUT2D eigenvalue weighted by Crippen LogP contribution is -2.54. The minimum atomic E-state index is -0.756. The van der Waals surface area contributed by atoms with Gasteiger partial charge in [-0.1, -0.05) is 0 Å². The molecule has 94 valence electrons. The first-order valence-electron chi connectivity index (χ1n) is 6.11. The minimum Gasteiger partial charge on any atom is -0.381 e. The Morgan fingerprint density at radius 3 is 2.81 bits per heavy atom. The Hall–Kier alpha value is -0.610. The summed E-state index contributed by atoms with van der Waals surface area (Å²) in [5.41, 5.74) is 5.08. The molecule has 4 heteroatoms. The van der Waals surface area contributed by atoms with Crippen molar-refractivity contribution < 1.29 is 9.53 Å². The molecule has 0 bridgehead atoms. The maximum absolute atomic E-state index is 12.0. The van der Waals surface area contributed by atoms with E-state index in [4.69, 9.17) is 10.5 Å². The van der Waals surface area contributed by atoms with Crippen LogP contribution in [-0.2, 0) is 9.53 Å². The molecular weight excluding hydrogens is 204 g/mol. The van der Waals surface area contributed by atoms with E-state index in [0.29, 0.717) is 5.92 Å². The molecule has 1 saturated heterocycles. The first kappa shape index (κ1) is 13.5. The third-order valence-electron chi connectivity index (χ3n) is 2.92. The van der Waals surface area contributed by atoms with Gasteiger partial charge in [-0.3, -0.25) is 4.79 Å². The second-order valence-electron chi connectivity index (χ2n) is 5.14. The standard InChI is InChI=1S/C12H24N2O2/c1-4-16-9-10-6-5-7-14(8-10)11(15)12(2,3)13/h10H,4-9,13H2,1-3H3. The van der Waals surface area contributed by atoms with Gasteiger partial charge in [-0.2, -0.15) is 0 Å². The van der Waals surface area contributed by atoms with Crippen molar-refractivity contribution in [2.24, 2.45) is 11.7 Å². The number of nitrogens with zero attached hydrogens (tertiary/aromatic N) is 1. The van der Waals surface area contributed by atoms with Crippen LogP contribution in [0.4, 0.5) is 0 Å². The van der Waals surface area contributed by atoms with Gasteiger partial charge in [-0.15, -0.1) is 0 Å². The summed E-state index contributed by atoms with van der Waals surface area (Å²) in [4.78, 5) is 13.9. The van der Waals surface area contributed by atoms with E-state index < -0.39 is 5.54 Å². The van der Waals surface area contributed by atoms with Crippen molar-refractivity contribution in [2.45, 2.75) is 39.2 Å². The molecule has 1 heterocycles. The number of carbonyl (C=O) groups is 1. The summed E-state index contributed by atoms with van der Waals surface area (Å²) in [6.45, 7) is 8.65. The molecule has 1 atom stereocenters. The first-order valence-corrected chi connectivity index (χ1v) is 6.11. The fourth-order valence-corrected chi connectivity index (χ4v) is 2.08. The summed E-state index contributed by atoms with van der Waals surface area (Å²) in [6.07, 6.45) is 2.20. The van der Waals surface area contributed by atoms with Crippen LogP contribution >= 0.6 is 0 Å². The predicted molar refractivity (Wildman–Crippen MR) is 64.1 cm³/mol. The van der Waals surface area contributed by atoms with Gasteiger partial charge < -0.3 is 15.4 Å². The number of ether oxygens (including phenoxy) is 1. The lowest BCUT2D eigenvalue weighted by atomic mass is 9.96. The fraction of sp³-hybridized carbons (Fsp3) is 0.917. The smallest absolute Gasteiger partial charge is 0.242 e. The van der Waals surface area contributed by atoms with Crippen molar-refractivity contribution in [1.82, 2.24) is 4.90 Å². The van der Waals surface area contributed by atoms with Crippen LogP contribution in [0.1, 0.15) is 33.6 Å². The summed E-state index contributed by atoms with van der Waals surface area (Å²) < 4.78 is 5.42. The summed E-state index contributed by atoms with van der Waals surface area (Å²) in [5, 5.41) is 0. The highest BCUT2D eigenvalue weighted by Crippen LogP contribution is 2.19. The molecule has 0 spiro atoms. The van der Waals surface area contributed by atoms with Crippen LogP contribution in [0.25, 0.3) is 0 Å². The molecule has 1 aliphatic rings. The number of hydrogen-bond acceptors (Lipinski definition) is 3. The quantitative estimate of drug-likeness (QED) is 0.781. The van der Waals surface area contributed by atoms with E-state index in [1.54, 1.807) is 13.8 Å². The zero-order valence-corrected chi connectivity index (χ0v) is 10.7. The van der Waals surface area contributed by atoms with E-state index in [0.717, 1.165) is 39.1 Å². The Morgan fingerprint density at radius 2 is 2.25 bits per heavy atom. The summed E-state index contributed by atoms with van der Waals surface area (Å²) in [7, 11) is 0. The number of likely N-dealkylation sites (tertiary alicyclic amines) is 1. The number of amides is 1. The van der Waals surface area contributed by atoms with E-state index in [-0.39, 0.29) is 5.91 Å². The van der Waals surface area contributed by atoms with Gasteiger partial charge in [0.1, 0.15) is 0 Å². The van der Waals surface area contributed by atoms with Crippen LogP contribution < -0.4 is 5.73 Å². The van der Waals surface area contributed by atoms with E-state index in [9.17, 15) is 4.79 Å². The number of rotatable bonds is 4. The number of carbonyl (C=O) groups excluding carboxylic acids is 1. The molecule has 2 N–H and O–H groups in total. The SMILES string of the molecule is CCOCC1CCCN(C(=O)C(C)(C)N)C1. The highest BCUT2D eigenvalue weighted by molar-refractivity contribution is 5.85. The zero-order chi connectivity index (χ0) is 12.2. The highest BCUT2D eigenvalue weighted by atomic mass is 16.5. The monoisotopic (exact) mass is 228 g/mol. The van der Waals surface area contributed by atoms with Gasteiger partial charge in [0.15, 0.2) is 0 Å². The molecule has 0 aromatic carbocycles. The van der Waals surface area contributed by atoms with Crippen LogP contribution in [-0.4, -0.2) is 42.6 Å². The van der Waals surface area contributed by atoms with Crippen LogP contribution in [0.2, 0.25) is 0 Å². The van der Waals surface area contributed by atoms with Crippen molar-refractivity contribution in [3.8, 4) is 0 Å². The van der Waals surface area contributed by atoms with E-state index in [1.807, 2.05) is 11.8 Å². The Morgan fingerprint density at radius 1 is 1.56 bits per heavy atom. The van der Waals surface area contributed by atoms with Gasteiger partial charge in [-0.25, -0.2) is 0 Å². The van der Waals surface area contributed by atoms with Gasteiger partial charge in [-0.05, 0) is 39.5 Å². The molecular formula is C12H24N2O2. The van der Waals surface area contributed by atoms with Crippen molar-refractivity contribution in [1.29, 1.82) is 0 Å². The van der Waals surface area contributed by atoms with Gasteiger partial charge in [0, 0.05) is 19.7 Å². The molecule has 0 aromatic rings. The molecule has 0 aliphatic carbocycles. The molecule has 1 unspecified atom stereocenters. The lowest BCUT2D eigenvalue weighted by Gasteiger charge is -2.36. The maximum atomic E-state index is 12.0. The number of hydrogen-bond donors (Lipinski definition) is 1. The molecule has 0 radical (unpaired) electrons. The Bertz CT molecular complexity index is 236. The van der Waals surface area contributed by atoms with Gasteiger partial charge in [0.25, 0.3) is 0 Å². The number of nitrogens with two attached hydrogens (primary N) is 1. The molecule has 4 nitrogen and oxygen atoms in total. The van der Waals surface area contributed by atoms with Crippen molar-refractivity contribution in [3.05, 3.63) is 0 Å². The zero-order valence-electron chi connectivity index (χ0n) is 10.7. The maximum Gasteiger partial charge on any atom is 0.242 e. The predicted octanol–water partition coefficient (Wildman–Crippen LogP) is 0.999. The van der Waals surface area contributed by atoms with Crippen molar-refractivity contribution >= 4 is 5.91 Å². The first-order chi connectivity index (χ1) is 7.45. The van der Waals surface area contributed by atoms with Crippen LogP contribution in [0.3, 0.4) is 0 Å². The summed E-state index contributed by atoms with van der Waals surface area (Å²) >= 11 is 0.